The zero-order chi connectivity index (χ0) is 22.4. The number of anilines is 2. The van der Waals surface area contributed by atoms with Crippen molar-refractivity contribution >= 4 is 33.4 Å². The van der Waals surface area contributed by atoms with Crippen LogP contribution in [0.5, 0.6) is 11.8 Å². The summed E-state index contributed by atoms with van der Waals surface area (Å²) < 4.78 is 20.2. The maximum Gasteiger partial charge on any atom is 0.326 e. The van der Waals surface area contributed by atoms with E-state index in [0.29, 0.717) is 52.6 Å². The predicted octanol–water partition coefficient (Wildman–Crippen LogP) is 3.31. The summed E-state index contributed by atoms with van der Waals surface area (Å²) in [6.45, 7) is 4.71. The van der Waals surface area contributed by atoms with E-state index in [1.54, 1.807) is 33.3 Å². The van der Waals surface area contributed by atoms with Crippen LogP contribution in [0.4, 0.5) is 15.9 Å². The highest BCUT2D eigenvalue weighted by molar-refractivity contribution is 6.14. The van der Waals surface area contributed by atoms with Crippen LogP contribution in [-0.2, 0) is 0 Å². The molecule has 1 fully saturated rings. The molecule has 1 aromatic carbocycles. The number of nitrogens with zero attached hydrogens (tertiary/aromatic N) is 5. The lowest BCUT2D eigenvalue weighted by atomic mass is 10.0. The first-order valence-corrected chi connectivity index (χ1v) is 10.2. The van der Waals surface area contributed by atoms with E-state index in [1.165, 1.54) is 12.1 Å². The van der Waals surface area contributed by atoms with Crippen molar-refractivity contribution in [2.24, 2.45) is 0 Å². The van der Waals surface area contributed by atoms with E-state index in [-0.39, 0.29) is 11.8 Å². The van der Waals surface area contributed by atoms with Gasteiger partial charge in [0, 0.05) is 25.5 Å². The molecule has 0 spiro atoms. The first-order valence-electron chi connectivity index (χ1n) is 10.2. The third-order valence-electron chi connectivity index (χ3n) is 5.29. The number of aliphatic hydroxyl groups excluding tert-OH is 1. The lowest BCUT2D eigenvalue weighted by molar-refractivity contribution is 0.242. The molecule has 5 rings (SSSR count). The van der Waals surface area contributed by atoms with Gasteiger partial charge in [0.1, 0.15) is 23.1 Å². The van der Waals surface area contributed by atoms with E-state index >= 15 is 0 Å². The average Bonchev–Trinajstić information content (AvgIpc) is 3.09. The number of ether oxygens (including phenoxy) is 1. The molecular formula is C22H22FN7O2. The van der Waals surface area contributed by atoms with Crippen molar-refractivity contribution in [3.05, 3.63) is 47.8 Å². The molecule has 0 bridgehead atoms. The fraction of sp³-hybridized carbons (Fsp3) is 0.273. The minimum atomic E-state index is -0.515. The highest BCUT2D eigenvalue weighted by Crippen LogP contribution is 2.39. The second-order valence-electron chi connectivity index (χ2n) is 7.79. The van der Waals surface area contributed by atoms with Gasteiger partial charge in [-0.1, -0.05) is 6.08 Å². The van der Waals surface area contributed by atoms with Gasteiger partial charge >= 0.3 is 6.01 Å². The quantitative estimate of drug-likeness (QED) is 0.410. The molecule has 10 heteroatoms. The highest BCUT2D eigenvalue weighted by Gasteiger charge is 2.27. The third-order valence-corrected chi connectivity index (χ3v) is 5.29. The number of halogens is 1. The third kappa shape index (κ3) is 3.58. The number of aliphatic hydroxyl groups is 1. The van der Waals surface area contributed by atoms with Crippen molar-refractivity contribution in [1.29, 1.82) is 0 Å². The van der Waals surface area contributed by atoms with Gasteiger partial charge in [-0.3, -0.25) is 0 Å². The standard InChI is InChI=1S/C22H22FN7O2/c1-11(31)4-13-9-30(10-13)21-18-16-5-14(23)6-17(24-3)19(16)27-20(18)28-22(29-21)32-15-7-25-12(2)26-8-15/h4-8,11,24,31H,9-10H2,1-3H3,(H,27,28,29). The average molecular weight is 435 g/mol. The van der Waals surface area contributed by atoms with Crippen LogP contribution in [0.25, 0.3) is 21.9 Å². The van der Waals surface area contributed by atoms with Crippen molar-refractivity contribution in [3.63, 3.8) is 0 Å². The van der Waals surface area contributed by atoms with Crippen LogP contribution in [0, 0.1) is 12.7 Å². The fourth-order valence-corrected chi connectivity index (χ4v) is 3.88. The van der Waals surface area contributed by atoms with Crippen LogP contribution >= 0.6 is 0 Å². The van der Waals surface area contributed by atoms with Crippen molar-refractivity contribution < 1.29 is 14.2 Å². The Balaban J connectivity index is 1.65. The van der Waals surface area contributed by atoms with Gasteiger partial charge in [0.2, 0.25) is 0 Å². The number of rotatable bonds is 5. The van der Waals surface area contributed by atoms with Crippen LogP contribution in [0.2, 0.25) is 0 Å². The zero-order valence-electron chi connectivity index (χ0n) is 17.8. The Morgan fingerprint density at radius 1 is 1.25 bits per heavy atom. The largest absolute Gasteiger partial charge is 0.421 e. The maximum atomic E-state index is 14.3. The molecule has 164 valence electrons. The fourth-order valence-electron chi connectivity index (χ4n) is 3.88. The number of aromatic nitrogens is 5. The van der Waals surface area contributed by atoms with Crippen LogP contribution < -0.4 is 15.0 Å². The molecule has 1 saturated heterocycles. The number of aromatic amines is 1. The monoisotopic (exact) mass is 435 g/mol. The molecule has 4 aromatic rings. The van der Waals surface area contributed by atoms with Crippen LogP contribution in [0.15, 0.2) is 36.2 Å². The Kier molecular flexibility index (Phi) is 4.86. The number of hydrogen-bond donors (Lipinski definition) is 3. The number of aryl methyl sites for hydroxylation is 1. The normalized spacial score (nSPS) is 14.5. The van der Waals surface area contributed by atoms with Crippen molar-refractivity contribution in [2.45, 2.75) is 20.0 Å². The molecule has 1 unspecified atom stereocenters. The van der Waals surface area contributed by atoms with Gasteiger partial charge in [0.25, 0.3) is 0 Å². The molecule has 1 atom stereocenters. The molecule has 9 nitrogen and oxygen atoms in total. The summed E-state index contributed by atoms with van der Waals surface area (Å²) in [5.41, 5.74) is 2.98. The van der Waals surface area contributed by atoms with E-state index < -0.39 is 6.10 Å². The van der Waals surface area contributed by atoms with Crippen molar-refractivity contribution in [3.8, 4) is 11.8 Å². The summed E-state index contributed by atoms with van der Waals surface area (Å²) >= 11 is 0. The Bertz CT molecular complexity index is 1340. The number of hydrogen-bond acceptors (Lipinski definition) is 8. The van der Waals surface area contributed by atoms with Gasteiger partial charge in [0.05, 0.1) is 35.1 Å². The first-order chi connectivity index (χ1) is 15.4. The van der Waals surface area contributed by atoms with Crippen LogP contribution in [-0.4, -0.2) is 56.3 Å². The molecule has 3 aromatic heterocycles. The van der Waals surface area contributed by atoms with E-state index in [2.05, 4.69) is 30.2 Å². The van der Waals surface area contributed by atoms with E-state index in [4.69, 9.17) is 4.74 Å². The van der Waals surface area contributed by atoms with Gasteiger partial charge in [-0.05, 0) is 31.6 Å². The van der Waals surface area contributed by atoms with Gasteiger partial charge in [-0.15, -0.1) is 0 Å². The molecule has 4 heterocycles. The summed E-state index contributed by atoms with van der Waals surface area (Å²) in [6.07, 6.45) is 4.42. The van der Waals surface area contributed by atoms with Crippen LogP contribution in [0.1, 0.15) is 12.7 Å². The minimum absolute atomic E-state index is 0.131. The molecule has 0 saturated carbocycles. The first kappa shape index (κ1) is 20.1. The lowest BCUT2D eigenvalue weighted by Gasteiger charge is -2.35. The molecule has 1 aliphatic rings. The van der Waals surface area contributed by atoms with Gasteiger partial charge in [0.15, 0.2) is 5.75 Å². The Hall–Kier alpha value is -3.79. The number of nitrogens with one attached hydrogen (secondary N) is 2. The second-order valence-corrected chi connectivity index (χ2v) is 7.79. The summed E-state index contributed by atoms with van der Waals surface area (Å²) in [4.78, 5) is 22.8. The molecule has 0 aliphatic carbocycles. The summed E-state index contributed by atoms with van der Waals surface area (Å²) in [5.74, 6) is 1.31. The van der Waals surface area contributed by atoms with Crippen molar-refractivity contribution in [2.75, 3.05) is 30.4 Å². The molecule has 0 radical (unpaired) electrons. The van der Waals surface area contributed by atoms with Gasteiger partial charge in [-0.2, -0.15) is 9.97 Å². The lowest BCUT2D eigenvalue weighted by Crippen LogP contribution is -2.41. The van der Waals surface area contributed by atoms with E-state index in [9.17, 15) is 9.50 Å². The SMILES string of the molecule is CNc1cc(F)cc2c1[nH]c1nc(Oc3cnc(C)nc3)nc(N3CC(=CC(C)O)C3)c12. The summed E-state index contributed by atoms with van der Waals surface area (Å²) in [5, 5.41) is 14.0. The van der Waals surface area contributed by atoms with E-state index in [1.807, 2.05) is 11.0 Å². The summed E-state index contributed by atoms with van der Waals surface area (Å²) in [6, 6.07) is 3.03. The molecular weight excluding hydrogens is 413 g/mol. The zero-order valence-corrected chi connectivity index (χ0v) is 17.8. The summed E-state index contributed by atoms with van der Waals surface area (Å²) in [7, 11) is 1.74. The van der Waals surface area contributed by atoms with Crippen LogP contribution in [0.3, 0.4) is 0 Å². The van der Waals surface area contributed by atoms with E-state index in [0.717, 1.165) is 11.1 Å². The highest BCUT2D eigenvalue weighted by atomic mass is 19.1. The smallest absolute Gasteiger partial charge is 0.326 e. The van der Waals surface area contributed by atoms with Crippen molar-refractivity contribution in [1.82, 2.24) is 24.9 Å². The topological polar surface area (TPSA) is 112 Å². The Morgan fingerprint density at radius 2 is 2.00 bits per heavy atom. The molecule has 1 aliphatic heterocycles. The second kappa shape index (κ2) is 7.72. The maximum absolute atomic E-state index is 14.3. The predicted molar refractivity (Wildman–Crippen MR) is 120 cm³/mol. The number of H-pyrrole nitrogens is 1. The number of benzene rings is 1. The Labute approximate surface area is 183 Å². The van der Waals surface area contributed by atoms with Gasteiger partial charge < -0.3 is 25.0 Å². The molecule has 3 N–H and O–H groups in total. The minimum Gasteiger partial charge on any atom is -0.421 e. The molecule has 0 amide bonds. The Morgan fingerprint density at radius 3 is 2.69 bits per heavy atom. The van der Waals surface area contributed by atoms with Gasteiger partial charge in [-0.25, -0.2) is 14.4 Å². The molecule has 32 heavy (non-hydrogen) atoms. The number of fused-ring (bicyclic) bond motifs is 3.